The van der Waals surface area contributed by atoms with Crippen molar-refractivity contribution in [3.05, 3.63) is 89.0 Å². The summed E-state index contributed by atoms with van der Waals surface area (Å²) >= 11 is 0. The Kier molecular flexibility index (Phi) is 6.61. The molecular weight excluding hydrogens is 468 g/mol. The number of aliphatic hydroxyl groups is 1. The fraction of sp³-hybridized carbons (Fsp3) is 0.267. The number of Topliss-reactive ketones (excluding diaryl/α,β-unsaturated/α-hetero) is 1. The van der Waals surface area contributed by atoms with Gasteiger partial charge in [0.2, 0.25) is 0 Å². The number of fused-ring (bicyclic) bond motifs is 1. The lowest BCUT2D eigenvalue weighted by Gasteiger charge is -2.26. The van der Waals surface area contributed by atoms with Crippen molar-refractivity contribution in [2.75, 3.05) is 37.1 Å². The number of ether oxygens (including phenoxy) is 2. The number of hydrogen-bond acceptors (Lipinski definition) is 6. The van der Waals surface area contributed by atoms with Gasteiger partial charge in [-0.2, -0.15) is 0 Å². The van der Waals surface area contributed by atoms with Crippen LogP contribution in [-0.2, 0) is 16.0 Å². The fourth-order valence-electron chi connectivity index (χ4n) is 4.92. The Bertz CT molecular complexity index is 1380. The summed E-state index contributed by atoms with van der Waals surface area (Å²) in [6.07, 6.45) is 1.71. The molecule has 0 spiro atoms. The maximum Gasteiger partial charge on any atom is 0.300 e. The molecule has 0 radical (unpaired) electrons. The predicted octanol–water partition coefficient (Wildman–Crippen LogP) is 5.10. The van der Waals surface area contributed by atoms with Crippen LogP contribution in [0, 0.1) is 0 Å². The first-order chi connectivity index (χ1) is 17.9. The van der Waals surface area contributed by atoms with Crippen LogP contribution in [0.4, 0.5) is 11.4 Å². The zero-order valence-corrected chi connectivity index (χ0v) is 21.2. The number of nitrogens with zero attached hydrogens (tertiary/aromatic N) is 2. The molecular formula is C30H30N2O5. The van der Waals surface area contributed by atoms with Crippen LogP contribution in [0.25, 0.3) is 5.76 Å². The van der Waals surface area contributed by atoms with Gasteiger partial charge in [-0.05, 0) is 73.4 Å². The molecule has 0 aliphatic carbocycles. The molecule has 1 amide bonds. The summed E-state index contributed by atoms with van der Waals surface area (Å²) in [5, 5.41) is 11.5. The average Bonchev–Trinajstić information content (AvgIpc) is 3.18. The van der Waals surface area contributed by atoms with E-state index in [1.165, 1.54) is 4.90 Å². The van der Waals surface area contributed by atoms with Crippen LogP contribution in [-0.4, -0.2) is 44.1 Å². The van der Waals surface area contributed by atoms with Gasteiger partial charge in [0.05, 0.1) is 24.8 Å². The lowest BCUT2D eigenvalue weighted by Crippen LogP contribution is -2.29. The first-order valence-electron chi connectivity index (χ1n) is 12.5. The fourth-order valence-corrected chi connectivity index (χ4v) is 4.92. The van der Waals surface area contributed by atoms with Gasteiger partial charge < -0.3 is 19.5 Å². The third-order valence-electron chi connectivity index (χ3n) is 6.76. The molecule has 2 heterocycles. The number of aryl methyl sites for hydroxylation is 1. The summed E-state index contributed by atoms with van der Waals surface area (Å²) in [6.45, 7) is 3.02. The first kappa shape index (κ1) is 24.4. The smallest absolute Gasteiger partial charge is 0.300 e. The third kappa shape index (κ3) is 4.53. The number of anilines is 2. The second kappa shape index (κ2) is 10.0. The number of hydrogen-bond donors (Lipinski definition) is 1. The highest BCUT2D eigenvalue weighted by Crippen LogP contribution is 2.43. The molecule has 3 aromatic carbocycles. The van der Waals surface area contributed by atoms with Crippen LogP contribution in [0.2, 0.25) is 0 Å². The molecule has 1 N–H and O–H groups in total. The Balaban J connectivity index is 1.67. The Morgan fingerprint density at radius 3 is 2.59 bits per heavy atom. The van der Waals surface area contributed by atoms with E-state index >= 15 is 0 Å². The first-order valence-corrected chi connectivity index (χ1v) is 12.5. The average molecular weight is 499 g/mol. The second-order valence-electron chi connectivity index (χ2n) is 9.36. The highest BCUT2D eigenvalue weighted by Gasteiger charge is 2.47. The van der Waals surface area contributed by atoms with Gasteiger partial charge in [-0.1, -0.05) is 18.2 Å². The maximum absolute atomic E-state index is 13.5. The molecule has 1 fully saturated rings. The van der Waals surface area contributed by atoms with Crippen molar-refractivity contribution in [3.8, 4) is 11.5 Å². The maximum atomic E-state index is 13.5. The molecule has 1 unspecified atom stereocenters. The summed E-state index contributed by atoms with van der Waals surface area (Å²) in [6, 6.07) is 19.3. The summed E-state index contributed by atoms with van der Waals surface area (Å²) in [4.78, 5) is 30.4. The minimum Gasteiger partial charge on any atom is -0.507 e. The molecule has 7 heteroatoms. The largest absolute Gasteiger partial charge is 0.507 e. The van der Waals surface area contributed by atoms with Gasteiger partial charge in [0.1, 0.15) is 17.3 Å². The van der Waals surface area contributed by atoms with E-state index < -0.39 is 17.7 Å². The van der Waals surface area contributed by atoms with Gasteiger partial charge in [-0.25, -0.2) is 0 Å². The van der Waals surface area contributed by atoms with Gasteiger partial charge in [0.25, 0.3) is 11.7 Å². The highest BCUT2D eigenvalue weighted by molar-refractivity contribution is 6.51. The van der Waals surface area contributed by atoms with Crippen molar-refractivity contribution in [2.45, 2.75) is 25.8 Å². The standard InChI is InChI=1S/C30H30N2O5/c1-4-36-24-9-5-8-23(18-24)32-27(19-10-13-22(14-11-19)31(2)3)26(29(34)30(32)35)28(33)21-12-15-25-20(17-21)7-6-16-37-25/h5,8-15,17-18,27,33H,4,6-7,16H2,1-3H3/b28-26-. The van der Waals surface area contributed by atoms with Crippen LogP contribution in [0.3, 0.4) is 0 Å². The Morgan fingerprint density at radius 2 is 1.86 bits per heavy atom. The normalized spacial score (nSPS) is 18.4. The van der Waals surface area contributed by atoms with Gasteiger partial charge in [-0.15, -0.1) is 0 Å². The van der Waals surface area contributed by atoms with Crippen LogP contribution in [0.15, 0.2) is 72.3 Å². The van der Waals surface area contributed by atoms with Crippen LogP contribution in [0.5, 0.6) is 11.5 Å². The molecule has 2 aliphatic heterocycles. The lowest BCUT2D eigenvalue weighted by molar-refractivity contribution is -0.132. The summed E-state index contributed by atoms with van der Waals surface area (Å²) in [5.41, 5.74) is 3.73. The number of rotatable bonds is 6. The van der Waals surface area contributed by atoms with Crippen molar-refractivity contribution in [2.24, 2.45) is 0 Å². The zero-order chi connectivity index (χ0) is 26.1. The van der Waals surface area contributed by atoms with E-state index in [1.807, 2.05) is 62.3 Å². The third-order valence-corrected chi connectivity index (χ3v) is 6.76. The van der Waals surface area contributed by atoms with Gasteiger partial charge in [0, 0.05) is 37.1 Å². The van der Waals surface area contributed by atoms with Crippen molar-refractivity contribution in [3.63, 3.8) is 0 Å². The number of amides is 1. The number of carbonyl (C=O) groups excluding carboxylic acids is 2. The van der Waals surface area contributed by atoms with Crippen LogP contribution in [0.1, 0.15) is 36.1 Å². The van der Waals surface area contributed by atoms with Crippen molar-refractivity contribution in [1.29, 1.82) is 0 Å². The molecule has 7 nitrogen and oxygen atoms in total. The molecule has 37 heavy (non-hydrogen) atoms. The number of aliphatic hydroxyl groups excluding tert-OH is 1. The molecule has 1 saturated heterocycles. The number of carbonyl (C=O) groups is 2. The number of benzene rings is 3. The van der Waals surface area contributed by atoms with Crippen LogP contribution < -0.4 is 19.3 Å². The van der Waals surface area contributed by atoms with E-state index in [2.05, 4.69) is 0 Å². The van der Waals surface area contributed by atoms with E-state index in [-0.39, 0.29) is 11.3 Å². The van der Waals surface area contributed by atoms with E-state index in [1.54, 1.807) is 30.3 Å². The lowest BCUT2D eigenvalue weighted by atomic mass is 9.93. The van der Waals surface area contributed by atoms with E-state index in [9.17, 15) is 14.7 Å². The molecule has 2 aliphatic rings. The summed E-state index contributed by atoms with van der Waals surface area (Å²) < 4.78 is 11.4. The van der Waals surface area contributed by atoms with E-state index in [0.29, 0.717) is 30.2 Å². The monoisotopic (exact) mass is 498 g/mol. The molecule has 5 rings (SSSR count). The Hall–Kier alpha value is -4.26. The predicted molar refractivity (Wildman–Crippen MR) is 143 cm³/mol. The van der Waals surface area contributed by atoms with Crippen LogP contribution >= 0.6 is 0 Å². The summed E-state index contributed by atoms with van der Waals surface area (Å²) in [5.74, 6) is -0.241. The van der Waals surface area contributed by atoms with Crippen molar-refractivity contribution in [1.82, 2.24) is 0 Å². The molecule has 0 bridgehead atoms. The van der Waals surface area contributed by atoms with Gasteiger partial charge in [0.15, 0.2) is 0 Å². The quantitative estimate of drug-likeness (QED) is 0.289. The Labute approximate surface area is 216 Å². The molecule has 0 saturated carbocycles. The Morgan fingerprint density at radius 1 is 1.08 bits per heavy atom. The van der Waals surface area contributed by atoms with Crippen molar-refractivity contribution < 1.29 is 24.2 Å². The van der Waals surface area contributed by atoms with Crippen molar-refractivity contribution >= 4 is 28.8 Å². The highest BCUT2D eigenvalue weighted by atomic mass is 16.5. The molecule has 3 aromatic rings. The van der Waals surface area contributed by atoms with Gasteiger partial charge in [-0.3, -0.25) is 14.5 Å². The SMILES string of the molecule is CCOc1cccc(N2C(=O)C(=O)/C(=C(\O)c3ccc4c(c3)CCCO4)C2c2ccc(N(C)C)cc2)c1. The van der Waals surface area contributed by atoms with Gasteiger partial charge >= 0.3 is 0 Å². The second-order valence-corrected chi connectivity index (χ2v) is 9.36. The molecule has 190 valence electrons. The zero-order valence-electron chi connectivity index (χ0n) is 21.2. The van der Waals surface area contributed by atoms with E-state index in [0.717, 1.165) is 35.4 Å². The minimum atomic E-state index is -0.805. The minimum absolute atomic E-state index is 0.0566. The summed E-state index contributed by atoms with van der Waals surface area (Å²) in [7, 11) is 3.89. The molecule has 1 atom stereocenters. The van der Waals surface area contributed by atoms with E-state index in [4.69, 9.17) is 9.47 Å². The molecule has 0 aromatic heterocycles. The topological polar surface area (TPSA) is 79.3 Å². The number of ketones is 1.